The first kappa shape index (κ1) is 17.1. The van der Waals surface area contributed by atoms with Crippen LogP contribution in [0, 0.1) is 0 Å². The summed E-state index contributed by atoms with van der Waals surface area (Å²) in [6.07, 6.45) is 0.143. The zero-order chi connectivity index (χ0) is 16.8. The second-order valence-electron chi connectivity index (χ2n) is 5.93. The molecule has 1 aliphatic heterocycles. The predicted octanol–water partition coefficient (Wildman–Crippen LogP) is 1.58. The maximum Gasteiger partial charge on any atom is 0.241 e. The lowest BCUT2D eigenvalue weighted by Gasteiger charge is -2.34. The van der Waals surface area contributed by atoms with E-state index >= 15 is 0 Å². The molecule has 0 bridgehead atoms. The van der Waals surface area contributed by atoms with Gasteiger partial charge < -0.3 is 19.9 Å². The van der Waals surface area contributed by atoms with Gasteiger partial charge in [0.1, 0.15) is 5.75 Å². The van der Waals surface area contributed by atoms with E-state index in [-0.39, 0.29) is 24.5 Å². The van der Waals surface area contributed by atoms with Gasteiger partial charge in [0, 0.05) is 38.8 Å². The fourth-order valence-corrected chi connectivity index (χ4v) is 2.48. The number of ether oxygens (including phenoxy) is 1. The van der Waals surface area contributed by atoms with Crippen LogP contribution in [-0.2, 0) is 9.59 Å². The van der Waals surface area contributed by atoms with Gasteiger partial charge in [0.15, 0.2) is 0 Å². The molecule has 126 valence electrons. The Balaban J connectivity index is 1.77. The summed E-state index contributed by atoms with van der Waals surface area (Å²) < 4.78 is 5.58. The zero-order valence-corrected chi connectivity index (χ0v) is 14.0. The number of carbonyl (C=O) groups excluding carboxylic acids is 2. The maximum absolute atomic E-state index is 12.2. The van der Waals surface area contributed by atoms with Gasteiger partial charge in [-0.15, -0.1) is 0 Å². The lowest BCUT2D eigenvalue weighted by Crippen LogP contribution is -2.51. The van der Waals surface area contributed by atoms with Crippen molar-refractivity contribution < 1.29 is 14.3 Å². The number of piperazine rings is 1. The number of rotatable bonds is 5. The van der Waals surface area contributed by atoms with Crippen molar-refractivity contribution in [3.8, 4) is 5.75 Å². The summed E-state index contributed by atoms with van der Waals surface area (Å²) in [6, 6.07) is 7.58. The van der Waals surface area contributed by atoms with E-state index in [1.165, 1.54) is 0 Å². The largest absolute Gasteiger partial charge is 0.491 e. The van der Waals surface area contributed by atoms with Crippen LogP contribution in [0.1, 0.15) is 20.8 Å². The summed E-state index contributed by atoms with van der Waals surface area (Å²) in [5.41, 5.74) is 0.886. The first-order valence-corrected chi connectivity index (χ1v) is 7.99. The van der Waals surface area contributed by atoms with Crippen molar-refractivity contribution in [2.75, 3.05) is 38.0 Å². The van der Waals surface area contributed by atoms with Crippen LogP contribution in [0.15, 0.2) is 24.3 Å². The van der Waals surface area contributed by atoms with Crippen LogP contribution in [0.5, 0.6) is 5.75 Å². The Kier molecular flexibility index (Phi) is 5.84. The predicted molar refractivity (Wildman–Crippen MR) is 89.5 cm³/mol. The number of hydrogen-bond acceptors (Lipinski definition) is 4. The molecule has 0 aliphatic carbocycles. The van der Waals surface area contributed by atoms with Crippen molar-refractivity contribution in [3.05, 3.63) is 24.3 Å². The molecular formula is C17H25N3O3. The molecule has 1 heterocycles. The molecule has 1 aliphatic rings. The molecule has 1 saturated heterocycles. The average Bonchev–Trinajstić information content (AvgIpc) is 2.53. The van der Waals surface area contributed by atoms with Crippen molar-refractivity contribution in [2.24, 2.45) is 0 Å². The summed E-state index contributed by atoms with van der Waals surface area (Å²) in [6.45, 7) is 8.21. The maximum atomic E-state index is 12.2. The fourth-order valence-electron chi connectivity index (χ4n) is 2.48. The van der Waals surface area contributed by atoms with E-state index in [1.807, 2.05) is 38.1 Å². The van der Waals surface area contributed by atoms with Gasteiger partial charge in [0.05, 0.1) is 12.6 Å². The number of amides is 2. The van der Waals surface area contributed by atoms with Crippen LogP contribution in [0.25, 0.3) is 0 Å². The van der Waals surface area contributed by atoms with Gasteiger partial charge in [-0.05, 0) is 38.1 Å². The summed E-state index contributed by atoms with van der Waals surface area (Å²) in [5.74, 6) is 0.937. The van der Waals surface area contributed by atoms with Crippen LogP contribution in [-0.4, -0.2) is 60.4 Å². The van der Waals surface area contributed by atoms with Crippen molar-refractivity contribution >= 4 is 17.5 Å². The molecule has 1 N–H and O–H groups in total. The van der Waals surface area contributed by atoms with E-state index in [0.29, 0.717) is 26.2 Å². The minimum atomic E-state index is 0.0516. The molecule has 0 atom stereocenters. The third-order valence-corrected chi connectivity index (χ3v) is 3.75. The molecular weight excluding hydrogens is 294 g/mol. The van der Waals surface area contributed by atoms with Gasteiger partial charge >= 0.3 is 0 Å². The van der Waals surface area contributed by atoms with Gasteiger partial charge in [-0.3, -0.25) is 9.59 Å². The molecule has 0 radical (unpaired) electrons. The fraction of sp³-hybridized carbons (Fsp3) is 0.529. The van der Waals surface area contributed by atoms with E-state index in [2.05, 4.69) is 5.32 Å². The van der Waals surface area contributed by atoms with Crippen molar-refractivity contribution in [1.29, 1.82) is 0 Å². The first-order chi connectivity index (χ1) is 11.0. The molecule has 2 amide bonds. The van der Waals surface area contributed by atoms with Crippen molar-refractivity contribution in [3.63, 3.8) is 0 Å². The monoisotopic (exact) mass is 319 g/mol. The van der Waals surface area contributed by atoms with Crippen LogP contribution in [0.4, 0.5) is 5.69 Å². The number of carbonyl (C=O) groups is 2. The van der Waals surface area contributed by atoms with Crippen LogP contribution >= 0.6 is 0 Å². The molecule has 0 aromatic heterocycles. The first-order valence-electron chi connectivity index (χ1n) is 7.99. The van der Waals surface area contributed by atoms with E-state index < -0.39 is 0 Å². The molecule has 6 heteroatoms. The Hall–Kier alpha value is -2.24. The number of nitrogens with zero attached hydrogens (tertiary/aromatic N) is 2. The molecule has 1 aromatic rings. The molecule has 0 unspecified atom stereocenters. The van der Waals surface area contributed by atoms with E-state index in [1.54, 1.807) is 16.7 Å². The van der Waals surface area contributed by atoms with Gasteiger partial charge in [0.2, 0.25) is 11.8 Å². The Labute approximate surface area is 137 Å². The Morgan fingerprint density at radius 3 is 2.17 bits per heavy atom. The van der Waals surface area contributed by atoms with Gasteiger partial charge in [-0.1, -0.05) is 0 Å². The minimum Gasteiger partial charge on any atom is -0.491 e. The lowest BCUT2D eigenvalue weighted by molar-refractivity contribution is -0.137. The zero-order valence-electron chi connectivity index (χ0n) is 14.0. The van der Waals surface area contributed by atoms with E-state index in [9.17, 15) is 9.59 Å². The summed E-state index contributed by atoms with van der Waals surface area (Å²) in [4.78, 5) is 27.0. The average molecular weight is 319 g/mol. The van der Waals surface area contributed by atoms with Crippen LogP contribution in [0.2, 0.25) is 0 Å². The number of hydrogen-bond donors (Lipinski definition) is 1. The highest BCUT2D eigenvalue weighted by Gasteiger charge is 2.21. The number of benzene rings is 1. The summed E-state index contributed by atoms with van der Waals surface area (Å²) in [7, 11) is 0. The van der Waals surface area contributed by atoms with E-state index in [0.717, 1.165) is 11.4 Å². The van der Waals surface area contributed by atoms with Crippen molar-refractivity contribution in [2.45, 2.75) is 26.9 Å². The van der Waals surface area contributed by atoms with Gasteiger partial charge in [-0.25, -0.2) is 0 Å². The second-order valence-corrected chi connectivity index (χ2v) is 5.93. The highest BCUT2D eigenvalue weighted by Crippen LogP contribution is 2.16. The standard InChI is InChI=1S/C17H25N3O3/c1-13(2)23-16-6-4-15(5-7-16)18-12-17(22)20-10-8-19(9-11-20)14(3)21/h4-7,13,18H,8-12H2,1-3H3. The van der Waals surface area contributed by atoms with Crippen LogP contribution < -0.4 is 10.1 Å². The SMILES string of the molecule is CC(=O)N1CCN(C(=O)CNc2ccc(OC(C)C)cc2)CC1. The lowest BCUT2D eigenvalue weighted by atomic mass is 10.3. The Morgan fingerprint density at radius 2 is 1.65 bits per heavy atom. The molecule has 1 fully saturated rings. The van der Waals surface area contributed by atoms with Crippen molar-refractivity contribution in [1.82, 2.24) is 9.80 Å². The second kappa shape index (κ2) is 7.85. The minimum absolute atomic E-state index is 0.0516. The normalized spacial score (nSPS) is 14.8. The topological polar surface area (TPSA) is 61.9 Å². The van der Waals surface area contributed by atoms with Gasteiger partial charge in [-0.2, -0.15) is 0 Å². The Bertz CT molecular complexity index is 535. The summed E-state index contributed by atoms with van der Waals surface area (Å²) in [5, 5.41) is 3.13. The highest BCUT2D eigenvalue weighted by atomic mass is 16.5. The number of anilines is 1. The Morgan fingerprint density at radius 1 is 1.09 bits per heavy atom. The molecule has 1 aromatic carbocycles. The molecule has 0 saturated carbocycles. The van der Waals surface area contributed by atoms with Crippen LogP contribution in [0.3, 0.4) is 0 Å². The van der Waals surface area contributed by atoms with Gasteiger partial charge in [0.25, 0.3) is 0 Å². The molecule has 6 nitrogen and oxygen atoms in total. The smallest absolute Gasteiger partial charge is 0.241 e. The summed E-state index contributed by atoms with van der Waals surface area (Å²) >= 11 is 0. The third-order valence-electron chi connectivity index (χ3n) is 3.75. The molecule has 0 spiro atoms. The molecule has 23 heavy (non-hydrogen) atoms. The number of nitrogens with one attached hydrogen (secondary N) is 1. The molecule has 2 rings (SSSR count). The van der Waals surface area contributed by atoms with E-state index in [4.69, 9.17) is 4.74 Å². The third kappa shape index (κ3) is 5.16. The highest BCUT2D eigenvalue weighted by molar-refractivity contribution is 5.81. The quantitative estimate of drug-likeness (QED) is 0.895.